The van der Waals surface area contributed by atoms with Crippen LogP contribution in [0.25, 0.3) is 0 Å². The monoisotopic (exact) mass is 676 g/mol. The van der Waals surface area contributed by atoms with Gasteiger partial charge in [0.2, 0.25) is 11.8 Å². The van der Waals surface area contributed by atoms with E-state index in [9.17, 15) is 29.1 Å². The average molecular weight is 679 g/mol. The number of imide groups is 2. The number of fused-ring (bicyclic) bond motifs is 4. The van der Waals surface area contributed by atoms with Crippen LogP contribution >= 0.6 is 50.7 Å². The van der Waals surface area contributed by atoms with Crippen molar-refractivity contribution in [3.63, 3.8) is 0 Å². The van der Waals surface area contributed by atoms with Crippen LogP contribution in [0.1, 0.15) is 37.2 Å². The van der Waals surface area contributed by atoms with Crippen LogP contribution in [0.2, 0.25) is 5.02 Å². The molecule has 5 rings (SSSR count). The number of carbonyl (C=O) groups is 5. The van der Waals surface area contributed by atoms with Gasteiger partial charge in [0, 0.05) is 18.9 Å². The molecule has 10 nitrogen and oxygen atoms in total. The Labute approximate surface area is 252 Å². The van der Waals surface area contributed by atoms with Gasteiger partial charge in [-0.25, -0.2) is 0 Å². The third-order valence-corrected chi connectivity index (χ3v) is 10.7. The Morgan fingerprint density at radius 2 is 1.82 bits per heavy atom. The first-order valence-electron chi connectivity index (χ1n) is 12.5. The number of phenols is 1. The van der Waals surface area contributed by atoms with E-state index in [1.54, 1.807) is 6.08 Å². The highest BCUT2D eigenvalue weighted by Crippen LogP contribution is 2.66. The summed E-state index contributed by atoms with van der Waals surface area (Å²) in [7, 11) is 1.32. The fourth-order valence-corrected chi connectivity index (χ4v) is 8.36. The predicted octanol–water partition coefficient (Wildman–Crippen LogP) is 3.63. The number of halogens is 4. The zero-order valence-electron chi connectivity index (χ0n) is 21.0. The van der Waals surface area contributed by atoms with Crippen LogP contribution in [0.3, 0.4) is 0 Å². The van der Waals surface area contributed by atoms with Gasteiger partial charge < -0.3 is 14.9 Å². The molecule has 6 atom stereocenters. The second kappa shape index (κ2) is 10.2. The predicted molar refractivity (Wildman–Crippen MR) is 147 cm³/mol. The Hall–Kier alpha value is -2.34. The van der Waals surface area contributed by atoms with Crippen molar-refractivity contribution in [2.75, 3.05) is 19.1 Å². The largest absolute Gasteiger partial charge is 0.503 e. The summed E-state index contributed by atoms with van der Waals surface area (Å²) in [5.74, 6) is -7.14. The fourth-order valence-electron chi connectivity index (χ4n) is 6.72. The number of aromatic hydroxyl groups is 1. The van der Waals surface area contributed by atoms with E-state index in [0.29, 0.717) is 11.1 Å². The van der Waals surface area contributed by atoms with E-state index < -0.39 is 63.0 Å². The van der Waals surface area contributed by atoms with Gasteiger partial charge in [-0.1, -0.05) is 39.2 Å². The Balaban J connectivity index is 1.66. The number of nitrogens with zero attached hydrogens (tertiary/aromatic N) is 2. The molecule has 0 radical (unpaired) electrons. The molecule has 1 saturated carbocycles. The van der Waals surface area contributed by atoms with Crippen LogP contribution in [0.15, 0.2) is 23.8 Å². The van der Waals surface area contributed by atoms with Crippen molar-refractivity contribution in [2.24, 2.45) is 17.8 Å². The van der Waals surface area contributed by atoms with Crippen LogP contribution < -0.4 is 4.74 Å². The zero-order chi connectivity index (χ0) is 29.3. The number of methoxy groups -OCH3 is 1. The maximum Gasteiger partial charge on any atom is 0.303 e. The molecule has 14 heteroatoms. The highest BCUT2D eigenvalue weighted by atomic mass is 79.9. The van der Waals surface area contributed by atoms with Gasteiger partial charge in [-0.15, -0.1) is 23.2 Å². The van der Waals surface area contributed by atoms with Gasteiger partial charge in [0.25, 0.3) is 11.8 Å². The number of likely N-dealkylation sites (tertiary alicyclic amines) is 2. The van der Waals surface area contributed by atoms with Gasteiger partial charge in [-0.05, 0) is 42.9 Å². The molecule has 1 aromatic rings. The minimum absolute atomic E-state index is 0.00481. The first-order chi connectivity index (χ1) is 18.8. The topological polar surface area (TPSA) is 142 Å². The lowest BCUT2D eigenvalue weighted by Crippen LogP contribution is -2.60. The first kappa shape index (κ1) is 29.2. The Morgan fingerprint density at radius 1 is 1.12 bits per heavy atom. The summed E-state index contributed by atoms with van der Waals surface area (Å²) >= 11 is 23.8. The van der Waals surface area contributed by atoms with E-state index in [0.717, 1.165) is 9.80 Å². The molecule has 2 aliphatic carbocycles. The average Bonchev–Trinajstić information content (AvgIpc) is 3.23. The smallest absolute Gasteiger partial charge is 0.303 e. The molecule has 2 heterocycles. The Bertz CT molecular complexity index is 1390. The van der Waals surface area contributed by atoms with Crippen molar-refractivity contribution in [3.05, 3.63) is 34.4 Å². The summed E-state index contributed by atoms with van der Waals surface area (Å²) in [6, 6.07) is 2.87. The number of carboxylic acids is 1. The molecule has 6 unspecified atom stereocenters. The molecule has 0 aromatic heterocycles. The molecule has 3 fully saturated rings. The van der Waals surface area contributed by atoms with E-state index >= 15 is 0 Å². The number of allylic oxidation sites excluding steroid dienone is 2. The number of ether oxygens (including phenoxy) is 1. The maximum absolute atomic E-state index is 13.8. The van der Waals surface area contributed by atoms with E-state index in [1.165, 1.54) is 19.2 Å². The summed E-state index contributed by atoms with van der Waals surface area (Å²) in [5.41, 5.74) is 0.731. The fraction of sp³-hybridized carbons (Fsp3) is 0.500. The van der Waals surface area contributed by atoms with Crippen molar-refractivity contribution >= 4 is 80.3 Å². The molecule has 40 heavy (non-hydrogen) atoms. The molecule has 2 N–H and O–H groups in total. The highest BCUT2D eigenvalue weighted by Gasteiger charge is 2.76. The van der Waals surface area contributed by atoms with Crippen LogP contribution in [0.5, 0.6) is 11.5 Å². The molecule has 4 amide bonds. The lowest BCUT2D eigenvalue weighted by atomic mass is 9.56. The molecule has 1 aromatic carbocycles. The number of carboxylic acid groups (broad SMARTS) is 1. The van der Waals surface area contributed by atoms with Crippen molar-refractivity contribution < 1.29 is 38.9 Å². The molecule has 4 aliphatic rings. The highest BCUT2D eigenvalue weighted by molar-refractivity contribution is 9.09. The zero-order valence-corrected chi connectivity index (χ0v) is 24.9. The number of amides is 4. The summed E-state index contributed by atoms with van der Waals surface area (Å²) < 4.78 is 5.27. The number of phenolic OH excluding ortho intramolecular Hbond substituents is 1. The molecular weight excluding hydrogens is 655 g/mol. The number of rotatable bonds is 7. The van der Waals surface area contributed by atoms with Gasteiger partial charge in [0.1, 0.15) is 0 Å². The minimum atomic E-state index is -2.02. The van der Waals surface area contributed by atoms with Gasteiger partial charge >= 0.3 is 5.97 Å². The maximum atomic E-state index is 13.8. The van der Waals surface area contributed by atoms with Gasteiger partial charge in [0.15, 0.2) is 21.2 Å². The minimum Gasteiger partial charge on any atom is -0.503 e. The summed E-state index contributed by atoms with van der Waals surface area (Å²) in [4.78, 5) is 63.4. The summed E-state index contributed by atoms with van der Waals surface area (Å²) in [6.07, 6.45) is 1.65. The second-order valence-electron chi connectivity index (χ2n) is 10.4. The van der Waals surface area contributed by atoms with Crippen LogP contribution in [-0.2, 0) is 24.0 Å². The number of benzene rings is 1. The summed E-state index contributed by atoms with van der Waals surface area (Å²) in [5, 5.41) is 19.3. The lowest BCUT2D eigenvalue weighted by molar-refractivity contribution is -0.142. The molecule has 2 saturated heterocycles. The van der Waals surface area contributed by atoms with Gasteiger partial charge in [-0.3, -0.25) is 33.8 Å². The number of aliphatic carboxylic acids is 1. The van der Waals surface area contributed by atoms with Crippen molar-refractivity contribution in [1.29, 1.82) is 0 Å². The van der Waals surface area contributed by atoms with Crippen LogP contribution in [0, 0.1) is 17.8 Å². The molecule has 214 valence electrons. The Kier molecular flexibility index (Phi) is 7.42. The standard InChI is InChI=1S/C26H24BrCl3N2O8/c1-40-16-8-11(7-15(28)20(16)35)19-12-4-5-13-18(22(37)31(21(13)36)6-2-3-17(33)34)14(12)9-25(29)23(38)32(10-27)24(39)26(19,25)30/h4,7-8,13-14,18-19,35H,2-3,5-6,9-10H2,1H3,(H,33,34). The van der Waals surface area contributed by atoms with Crippen molar-refractivity contribution in [1.82, 2.24) is 9.80 Å². The van der Waals surface area contributed by atoms with Crippen molar-refractivity contribution in [2.45, 2.75) is 41.3 Å². The molecule has 0 spiro atoms. The van der Waals surface area contributed by atoms with Crippen molar-refractivity contribution in [3.8, 4) is 11.5 Å². The number of alkyl halides is 3. The normalized spacial score (nSPS) is 33.1. The van der Waals surface area contributed by atoms with E-state index in [2.05, 4.69) is 15.9 Å². The first-order valence-corrected chi connectivity index (χ1v) is 14.7. The van der Waals surface area contributed by atoms with Crippen LogP contribution in [-0.4, -0.2) is 78.5 Å². The quantitative estimate of drug-likeness (QED) is 0.193. The number of carbonyl (C=O) groups excluding carboxylic acids is 4. The van der Waals surface area contributed by atoms with E-state index in [4.69, 9.17) is 44.6 Å². The van der Waals surface area contributed by atoms with E-state index in [-0.39, 0.29) is 54.2 Å². The summed E-state index contributed by atoms with van der Waals surface area (Å²) in [6.45, 7) is -0.0482. The molecule has 2 aliphatic heterocycles. The van der Waals surface area contributed by atoms with Gasteiger partial charge in [0.05, 0.1) is 29.4 Å². The lowest BCUT2D eigenvalue weighted by Gasteiger charge is -2.50. The number of hydrogen-bond acceptors (Lipinski definition) is 7. The second-order valence-corrected chi connectivity index (χ2v) is 12.5. The SMILES string of the molecule is COc1cc(C2C3=CCC4C(=O)N(CCCC(=O)O)C(=O)C4C3CC3(Cl)C(=O)N(CBr)C(=O)C23Cl)cc(Cl)c1O. The molecule has 0 bridgehead atoms. The van der Waals surface area contributed by atoms with E-state index in [1.807, 2.05) is 0 Å². The Morgan fingerprint density at radius 3 is 2.45 bits per heavy atom. The third-order valence-electron chi connectivity index (χ3n) is 8.48. The molecular formula is C26H24BrCl3N2O8. The third kappa shape index (κ3) is 3.91. The van der Waals surface area contributed by atoms with Crippen LogP contribution in [0.4, 0.5) is 0 Å². The number of hydrogen-bond donors (Lipinski definition) is 2. The van der Waals surface area contributed by atoms with Gasteiger partial charge in [-0.2, -0.15) is 0 Å².